The first-order chi connectivity index (χ1) is 9.19. The highest BCUT2D eigenvalue weighted by Crippen LogP contribution is 2.27. The molecule has 0 fully saturated rings. The third-order valence-corrected chi connectivity index (χ3v) is 2.87. The highest BCUT2D eigenvalue weighted by Gasteiger charge is 2.14. The van der Waals surface area contributed by atoms with Crippen LogP contribution in [0.25, 0.3) is 0 Å². The van der Waals surface area contributed by atoms with Gasteiger partial charge in [0, 0.05) is 13.0 Å². The number of carbonyl (C=O) groups excluding carboxylic acids is 2. The summed E-state index contributed by atoms with van der Waals surface area (Å²) in [5.41, 5.74) is 1.61. The number of carbonyl (C=O) groups is 2. The van der Waals surface area contributed by atoms with Crippen LogP contribution in [0.2, 0.25) is 0 Å². The van der Waals surface area contributed by atoms with Crippen LogP contribution in [0.1, 0.15) is 31.7 Å². The molecule has 0 atom stereocenters. The number of ether oxygens (including phenoxy) is 1. The summed E-state index contributed by atoms with van der Waals surface area (Å²) in [6.07, 6.45) is 1.72. The number of hydrogen-bond donors (Lipinski definition) is 2. The number of hydrogen-bond acceptors (Lipinski definition) is 3. The van der Waals surface area contributed by atoms with Gasteiger partial charge in [-0.1, -0.05) is 13.0 Å². The Morgan fingerprint density at radius 2 is 2.32 bits per heavy atom. The van der Waals surface area contributed by atoms with Crippen LogP contribution in [-0.4, -0.2) is 18.4 Å². The Morgan fingerprint density at radius 1 is 1.47 bits per heavy atom. The van der Waals surface area contributed by atoms with Crippen LogP contribution in [0.4, 0.5) is 5.69 Å². The van der Waals surface area contributed by atoms with E-state index in [2.05, 4.69) is 10.6 Å². The second kappa shape index (κ2) is 6.22. The summed E-state index contributed by atoms with van der Waals surface area (Å²) in [5, 5.41) is 5.64. The SMILES string of the molecule is CCCC(=O)NCc1ccc2c(c1)NC(=O)CCO2. The molecule has 0 radical (unpaired) electrons. The lowest BCUT2D eigenvalue weighted by Gasteiger charge is -2.10. The van der Waals surface area contributed by atoms with Crippen molar-refractivity contribution < 1.29 is 14.3 Å². The van der Waals surface area contributed by atoms with E-state index in [0.29, 0.717) is 37.4 Å². The van der Waals surface area contributed by atoms with Crippen LogP contribution >= 0.6 is 0 Å². The third-order valence-electron chi connectivity index (χ3n) is 2.87. The lowest BCUT2D eigenvalue weighted by molar-refractivity contribution is -0.121. The van der Waals surface area contributed by atoms with Crippen molar-refractivity contribution in [1.82, 2.24) is 5.32 Å². The molecule has 102 valence electrons. The molecule has 1 aliphatic heterocycles. The highest BCUT2D eigenvalue weighted by atomic mass is 16.5. The molecular formula is C14H18N2O3. The molecule has 2 rings (SSSR count). The summed E-state index contributed by atoms with van der Waals surface area (Å²) in [6.45, 7) is 2.82. The Balaban J connectivity index is 2.03. The van der Waals surface area contributed by atoms with Gasteiger partial charge in [0.25, 0.3) is 0 Å². The van der Waals surface area contributed by atoms with Crippen molar-refractivity contribution in [3.05, 3.63) is 23.8 Å². The number of fused-ring (bicyclic) bond motifs is 1. The minimum atomic E-state index is -0.0501. The van der Waals surface area contributed by atoms with Gasteiger partial charge in [-0.15, -0.1) is 0 Å². The summed E-state index contributed by atoms with van der Waals surface area (Å²) in [5.74, 6) is 0.665. The monoisotopic (exact) mass is 262 g/mol. The summed E-state index contributed by atoms with van der Waals surface area (Å²) < 4.78 is 5.47. The number of nitrogens with one attached hydrogen (secondary N) is 2. The molecule has 0 unspecified atom stereocenters. The van der Waals surface area contributed by atoms with Gasteiger partial charge in [-0.05, 0) is 24.1 Å². The molecule has 2 N–H and O–H groups in total. The molecular weight excluding hydrogens is 244 g/mol. The number of rotatable bonds is 4. The van der Waals surface area contributed by atoms with Crippen molar-refractivity contribution in [3.63, 3.8) is 0 Å². The van der Waals surface area contributed by atoms with E-state index in [1.54, 1.807) is 0 Å². The average Bonchev–Trinajstić information content (AvgIpc) is 2.56. The Morgan fingerprint density at radius 3 is 3.11 bits per heavy atom. The lowest BCUT2D eigenvalue weighted by Crippen LogP contribution is -2.22. The van der Waals surface area contributed by atoms with Gasteiger partial charge in [0.15, 0.2) is 0 Å². The van der Waals surface area contributed by atoms with Gasteiger partial charge in [0.05, 0.1) is 18.7 Å². The van der Waals surface area contributed by atoms with Gasteiger partial charge in [-0.3, -0.25) is 9.59 Å². The van der Waals surface area contributed by atoms with Crippen LogP contribution in [0, 0.1) is 0 Å². The highest BCUT2D eigenvalue weighted by molar-refractivity contribution is 5.93. The van der Waals surface area contributed by atoms with Crippen LogP contribution in [0.3, 0.4) is 0 Å². The van der Waals surface area contributed by atoms with Crippen LogP contribution in [0.5, 0.6) is 5.75 Å². The predicted molar refractivity (Wildman–Crippen MR) is 71.9 cm³/mol. The zero-order valence-electron chi connectivity index (χ0n) is 11.0. The molecule has 0 saturated carbocycles. The van der Waals surface area contributed by atoms with Crippen molar-refractivity contribution in [3.8, 4) is 5.75 Å². The fraction of sp³-hybridized carbons (Fsp3) is 0.429. The fourth-order valence-corrected chi connectivity index (χ4v) is 1.89. The van der Waals surface area contributed by atoms with Gasteiger partial charge < -0.3 is 15.4 Å². The minimum Gasteiger partial charge on any atom is -0.491 e. The Labute approximate surface area is 112 Å². The van der Waals surface area contributed by atoms with Crippen LogP contribution in [0.15, 0.2) is 18.2 Å². The molecule has 5 nitrogen and oxygen atoms in total. The van der Waals surface area contributed by atoms with Crippen molar-refractivity contribution in [1.29, 1.82) is 0 Å². The molecule has 1 aromatic rings. The molecule has 1 heterocycles. The van der Waals surface area contributed by atoms with Crippen molar-refractivity contribution in [2.24, 2.45) is 0 Å². The molecule has 0 aromatic heterocycles. The van der Waals surface area contributed by atoms with E-state index in [1.165, 1.54) is 0 Å². The molecule has 1 aromatic carbocycles. The first-order valence-corrected chi connectivity index (χ1v) is 6.51. The van der Waals surface area contributed by atoms with E-state index >= 15 is 0 Å². The normalized spacial score (nSPS) is 13.8. The lowest BCUT2D eigenvalue weighted by atomic mass is 10.1. The molecule has 0 bridgehead atoms. The maximum Gasteiger partial charge on any atom is 0.227 e. The maximum absolute atomic E-state index is 11.4. The van der Waals surface area contributed by atoms with E-state index in [-0.39, 0.29) is 11.8 Å². The number of benzene rings is 1. The first kappa shape index (κ1) is 13.4. The quantitative estimate of drug-likeness (QED) is 0.869. The summed E-state index contributed by atoms with van der Waals surface area (Å²) >= 11 is 0. The fourth-order valence-electron chi connectivity index (χ4n) is 1.89. The van der Waals surface area contributed by atoms with E-state index in [4.69, 9.17) is 4.74 Å². The van der Waals surface area contributed by atoms with Crippen LogP contribution in [-0.2, 0) is 16.1 Å². The molecule has 5 heteroatoms. The topological polar surface area (TPSA) is 67.4 Å². The van der Waals surface area contributed by atoms with E-state index in [9.17, 15) is 9.59 Å². The zero-order valence-corrected chi connectivity index (χ0v) is 11.0. The first-order valence-electron chi connectivity index (χ1n) is 6.51. The molecule has 0 spiro atoms. The van der Waals surface area contributed by atoms with E-state index < -0.39 is 0 Å². The van der Waals surface area contributed by atoms with Gasteiger partial charge in [-0.25, -0.2) is 0 Å². The second-order valence-electron chi connectivity index (χ2n) is 4.50. The third kappa shape index (κ3) is 3.71. The number of amides is 2. The molecule has 2 amide bonds. The van der Waals surface area contributed by atoms with Crippen LogP contribution < -0.4 is 15.4 Å². The van der Waals surface area contributed by atoms with Gasteiger partial charge in [0.2, 0.25) is 11.8 Å². The van der Waals surface area contributed by atoms with E-state index in [1.807, 2.05) is 25.1 Å². The molecule has 0 saturated heterocycles. The maximum atomic E-state index is 11.4. The molecule has 1 aliphatic rings. The minimum absolute atomic E-state index is 0.0396. The average molecular weight is 262 g/mol. The van der Waals surface area contributed by atoms with Gasteiger partial charge in [0.1, 0.15) is 5.75 Å². The number of anilines is 1. The summed E-state index contributed by atoms with van der Waals surface area (Å²) in [4.78, 5) is 22.9. The summed E-state index contributed by atoms with van der Waals surface area (Å²) in [6, 6.07) is 5.55. The van der Waals surface area contributed by atoms with Gasteiger partial charge >= 0.3 is 0 Å². The van der Waals surface area contributed by atoms with Crippen molar-refractivity contribution >= 4 is 17.5 Å². The van der Waals surface area contributed by atoms with Crippen molar-refractivity contribution in [2.75, 3.05) is 11.9 Å². The predicted octanol–water partition coefficient (Wildman–Crippen LogP) is 1.82. The summed E-state index contributed by atoms with van der Waals surface area (Å²) in [7, 11) is 0. The Kier molecular flexibility index (Phi) is 4.39. The Hall–Kier alpha value is -2.04. The largest absolute Gasteiger partial charge is 0.491 e. The zero-order chi connectivity index (χ0) is 13.7. The molecule has 19 heavy (non-hydrogen) atoms. The molecule has 0 aliphatic carbocycles. The van der Waals surface area contributed by atoms with Crippen molar-refractivity contribution in [2.45, 2.75) is 32.7 Å². The Bertz CT molecular complexity index is 486. The second-order valence-corrected chi connectivity index (χ2v) is 4.50. The van der Waals surface area contributed by atoms with E-state index in [0.717, 1.165) is 12.0 Å². The smallest absolute Gasteiger partial charge is 0.227 e. The standard InChI is InChI=1S/C14H18N2O3/c1-2-3-13(17)15-9-10-4-5-12-11(8-10)16-14(18)6-7-19-12/h4-5,8H,2-3,6-7,9H2,1H3,(H,15,17)(H,16,18). The van der Waals surface area contributed by atoms with Gasteiger partial charge in [-0.2, -0.15) is 0 Å².